The van der Waals surface area contributed by atoms with Crippen LogP contribution in [0.3, 0.4) is 0 Å². The fraction of sp³-hybridized carbons (Fsp3) is 0.500. The van der Waals surface area contributed by atoms with E-state index in [9.17, 15) is 18.0 Å². The van der Waals surface area contributed by atoms with Crippen molar-refractivity contribution in [2.24, 2.45) is 0 Å². The predicted octanol–water partition coefficient (Wildman–Crippen LogP) is 2.96. The predicted molar refractivity (Wildman–Crippen MR) is 75.5 cm³/mol. The number of thioether (sulfide) groups is 1. The molecule has 2 rings (SSSR count). The zero-order valence-corrected chi connectivity index (χ0v) is 12.3. The van der Waals surface area contributed by atoms with E-state index in [4.69, 9.17) is 4.74 Å². The molecule has 1 aromatic rings. The summed E-state index contributed by atoms with van der Waals surface area (Å²) in [7, 11) is 1.59. The van der Waals surface area contributed by atoms with Crippen LogP contribution in [0.4, 0.5) is 13.2 Å². The molecule has 7 heteroatoms. The summed E-state index contributed by atoms with van der Waals surface area (Å²) in [4.78, 5) is 12.0. The number of methoxy groups -OCH3 is 1. The van der Waals surface area contributed by atoms with Gasteiger partial charge in [0.2, 0.25) is 0 Å². The Morgan fingerprint density at radius 3 is 2.81 bits per heavy atom. The van der Waals surface area contributed by atoms with E-state index in [2.05, 4.69) is 5.32 Å². The van der Waals surface area contributed by atoms with Gasteiger partial charge in [-0.15, -0.1) is 0 Å². The van der Waals surface area contributed by atoms with Crippen LogP contribution in [-0.4, -0.2) is 36.7 Å². The fourth-order valence-corrected chi connectivity index (χ4v) is 3.54. The van der Waals surface area contributed by atoms with Crippen molar-refractivity contribution in [3.05, 3.63) is 35.4 Å². The molecule has 1 saturated heterocycles. The van der Waals surface area contributed by atoms with Crippen LogP contribution < -0.4 is 5.32 Å². The SMILES string of the molecule is CO[C@]1(CNC(=O)c2cccc(C(F)(F)F)c2)CCSC1. The smallest absolute Gasteiger partial charge is 0.376 e. The van der Waals surface area contributed by atoms with Crippen molar-refractivity contribution < 1.29 is 22.7 Å². The lowest BCUT2D eigenvalue weighted by Crippen LogP contribution is -2.44. The Labute approximate surface area is 125 Å². The summed E-state index contributed by atoms with van der Waals surface area (Å²) < 4.78 is 43.3. The Morgan fingerprint density at radius 2 is 2.24 bits per heavy atom. The van der Waals surface area contributed by atoms with Crippen molar-refractivity contribution >= 4 is 17.7 Å². The Kier molecular flexibility index (Phi) is 4.83. The minimum Gasteiger partial charge on any atom is -0.376 e. The second kappa shape index (κ2) is 6.27. The summed E-state index contributed by atoms with van der Waals surface area (Å²) in [6.45, 7) is 0.297. The first-order valence-corrected chi connectivity index (χ1v) is 7.60. The number of carbonyl (C=O) groups is 1. The molecule has 0 aromatic heterocycles. The lowest BCUT2D eigenvalue weighted by atomic mass is 10.0. The van der Waals surface area contributed by atoms with Crippen molar-refractivity contribution in [1.29, 1.82) is 0 Å². The molecule has 1 aliphatic heterocycles. The van der Waals surface area contributed by atoms with Gasteiger partial charge in [0.25, 0.3) is 5.91 Å². The van der Waals surface area contributed by atoms with Gasteiger partial charge in [0.15, 0.2) is 0 Å². The van der Waals surface area contributed by atoms with Crippen molar-refractivity contribution in [2.75, 3.05) is 25.2 Å². The average Bonchev–Trinajstić information content (AvgIpc) is 2.93. The Balaban J connectivity index is 2.04. The van der Waals surface area contributed by atoms with Crippen molar-refractivity contribution in [3.8, 4) is 0 Å². The van der Waals surface area contributed by atoms with Gasteiger partial charge >= 0.3 is 6.18 Å². The number of benzene rings is 1. The lowest BCUT2D eigenvalue weighted by Gasteiger charge is -2.26. The molecular weight excluding hydrogens is 303 g/mol. The maximum Gasteiger partial charge on any atom is 0.416 e. The van der Waals surface area contributed by atoms with Gasteiger partial charge in [-0.3, -0.25) is 4.79 Å². The zero-order valence-electron chi connectivity index (χ0n) is 11.5. The van der Waals surface area contributed by atoms with Crippen LogP contribution in [0, 0.1) is 0 Å². The quantitative estimate of drug-likeness (QED) is 0.927. The molecule has 1 atom stereocenters. The molecule has 0 bridgehead atoms. The maximum atomic E-state index is 12.6. The number of rotatable bonds is 4. The van der Waals surface area contributed by atoms with E-state index < -0.39 is 23.2 Å². The van der Waals surface area contributed by atoms with Gasteiger partial charge in [0.1, 0.15) is 0 Å². The second-order valence-electron chi connectivity index (χ2n) is 4.95. The van der Waals surface area contributed by atoms with E-state index in [-0.39, 0.29) is 5.56 Å². The molecule has 0 radical (unpaired) electrons. The molecule has 0 saturated carbocycles. The van der Waals surface area contributed by atoms with E-state index >= 15 is 0 Å². The Bertz CT molecular complexity index is 513. The maximum absolute atomic E-state index is 12.6. The summed E-state index contributed by atoms with van der Waals surface area (Å²) >= 11 is 1.73. The molecule has 116 valence electrons. The van der Waals surface area contributed by atoms with Gasteiger partial charge in [-0.25, -0.2) is 0 Å². The van der Waals surface area contributed by atoms with Crippen LogP contribution in [0.25, 0.3) is 0 Å². The number of hydrogen-bond donors (Lipinski definition) is 1. The summed E-state index contributed by atoms with van der Waals surface area (Å²) in [6, 6.07) is 4.40. The summed E-state index contributed by atoms with van der Waals surface area (Å²) in [5.41, 5.74) is -1.24. The molecule has 1 aliphatic rings. The monoisotopic (exact) mass is 319 g/mol. The largest absolute Gasteiger partial charge is 0.416 e. The van der Waals surface area contributed by atoms with Crippen LogP contribution >= 0.6 is 11.8 Å². The lowest BCUT2D eigenvalue weighted by molar-refractivity contribution is -0.137. The number of alkyl halides is 3. The number of carbonyl (C=O) groups excluding carboxylic acids is 1. The fourth-order valence-electron chi connectivity index (χ4n) is 2.14. The van der Waals surface area contributed by atoms with E-state index in [0.29, 0.717) is 6.54 Å². The second-order valence-corrected chi connectivity index (χ2v) is 6.06. The van der Waals surface area contributed by atoms with Crippen molar-refractivity contribution in [1.82, 2.24) is 5.32 Å². The number of hydrogen-bond acceptors (Lipinski definition) is 3. The first kappa shape index (κ1) is 16.2. The highest BCUT2D eigenvalue weighted by Gasteiger charge is 2.35. The topological polar surface area (TPSA) is 38.3 Å². The zero-order chi connectivity index (χ0) is 15.5. The van der Waals surface area contributed by atoms with Crippen LogP contribution in [0.1, 0.15) is 22.3 Å². The molecule has 0 aliphatic carbocycles. The van der Waals surface area contributed by atoms with E-state index in [1.165, 1.54) is 12.1 Å². The van der Waals surface area contributed by atoms with Gasteiger partial charge < -0.3 is 10.1 Å². The minimum atomic E-state index is -4.45. The Morgan fingerprint density at radius 1 is 1.48 bits per heavy atom. The molecule has 1 aromatic carbocycles. The molecule has 21 heavy (non-hydrogen) atoms. The minimum absolute atomic E-state index is 0.00160. The van der Waals surface area contributed by atoms with Gasteiger partial charge in [-0.1, -0.05) is 6.07 Å². The third-order valence-corrected chi connectivity index (χ3v) is 4.75. The van der Waals surface area contributed by atoms with Gasteiger partial charge in [-0.05, 0) is 30.4 Å². The molecule has 3 nitrogen and oxygen atoms in total. The Hall–Kier alpha value is -1.21. The van der Waals surface area contributed by atoms with E-state index in [1.807, 2.05) is 0 Å². The van der Waals surface area contributed by atoms with Crippen molar-refractivity contribution in [2.45, 2.75) is 18.2 Å². The van der Waals surface area contributed by atoms with Crippen molar-refractivity contribution in [3.63, 3.8) is 0 Å². The molecule has 1 amide bonds. The molecule has 0 spiro atoms. The first-order chi connectivity index (χ1) is 9.86. The van der Waals surface area contributed by atoms with E-state index in [0.717, 1.165) is 30.1 Å². The standard InChI is InChI=1S/C14H16F3NO2S/c1-20-13(5-6-21-9-13)8-18-12(19)10-3-2-4-11(7-10)14(15,16)17/h2-4,7H,5-6,8-9H2,1H3,(H,18,19)/t13-/m0/s1. The highest BCUT2D eigenvalue weighted by molar-refractivity contribution is 7.99. The van der Waals surface area contributed by atoms with Gasteiger partial charge in [0.05, 0.1) is 11.2 Å². The van der Waals surface area contributed by atoms with Gasteiger partial charge in [0, 0.05) is 25.0 Å². The first-order valence-electron chi connectivity index (χ1n) is 6.45. The van der Waals surface area contributed by atoms with Crippen LogP contribution in [0.2, 0.25) is 0 Å². The summed E-state index contributed by atoms with van der Waals surface area (Å²) in [5, 5.41) is 2.67. The molecule has 1 heterocycles. The molecule has 0 unspecified atom stereocenters. The number of amides is 1. The van der Waals surface area contributed by atoms with Crippen LogP contribution in [0.5, 0.6) is 0 Å². The molecule has 1 N–H and O–H groups in total. The normalized spacial score (nSPS) is 22.3. The third kappa shape index (κ3) is 3.91. The average molecular weight is 319 g/mol. The highest BCUT2D eigenvalue weighted by Crippen LogP contribution is 2.31. The number of nitrogens with one attached hydrogen (secondary N) is 1. The number of halogens is 3. The van der Waals surface area contributed by atoms with E-state index in [1.54, 1.807) is 18.9 Å². The van der Waals surface area contributed by atoms with Crippen LogP contribution in [0.15, 0.2) is 24.3 Å². The molecular formula is C14H16F3NO2S. The van der Waals surface area contributed by atoms with Crippen LogP contribution in [-0.2, 0) is 10.9 Å². The highest BCUT2D eigenvalue weighted by atomic mass is 32.2. The van der Waals surface area contributed by atoms with Gasteiger partial charge in [-0.2, -0.15) is 24.9 Å². The number of ether oxygens (including phenoxy) is 1. The molecule has 1 fully saturated rings. The third-order valence-electron chi connectivity index (χ3n) is 3.52. The summed E-state index contributed by atoms with van der Waals surface area (Å²) in [5.74, 6) is 1.20. The summed E-state index contributed by atoms with van der Waals surface area (Å²) in [6.07, 6.45) is -3.64.